The molecule has 1 N–H and O–H groups in total. The third-order valence-electron chi connectivity index (χ3n) is 11.8. The van der Waals surface area contributed by atoms with E-state index >= 15 is 0 Å². The summed E-state index contributed by atoms with van der Waals surface area (Å²) in [5, 5.41) is 10.3. The van der Waals surface area contributed by atoms with Gasteiger partial charge in [-0.1, -0.05) is 66.7 Å². The van der Waals surface area contributed by atoms with Crippen LogP contribution in [0.15, 0.2) is 0 Å². The number of aliphatic hydroxyl groups is 1. The summed E-state index contributed by atoms with van der Waals surface area (Å²) in [6.07, 6.45) is 19.4. The van der Waals surface area contributed by atoms with Gasteiger partial charge in [0, 0.05) is 0 Å². The van der Waals surface area contributed by atoms with Gasteiger partial charge in [0.25, 0.3) is 0 Å². The van der Waals surface area contributed by atoms with Crippen LogP contribution in [0.5, 0.6) is 0 Å². The number of fused-ring (bicyclic) bond motifs is 5. The van der Waals surface area contributed by atoms with E-state index in [9.17, 15) is 5.11 Å². The van der Waals surface area contributed by atoms with E-state index in [2.05, 4.69) is 34.6 Å². The fraction of sp³-hybridized carbons (Fsp3) is 1.00. The first kappa shape index (κ1) is 23.1. The van der Waals surface area contributed by atoms with Crippen LogP contribution < -0.4 is 0 Å². The van der Waals surface area contributed by atoms with E-state index in [4.69, 9.17) is 0 Å². The van der Waals surface area contributed by atoms with Crippen molar-refractivity contribution in [3.63, 3.8) is 0 Å². The van der Waals surface area contributed by atoms with Gasteiger partial charge in [0.15, 0.2) is 0 Å². The van der Waals surface area contributed by atoms with Gasteiger partial charge in [0.05, 0.1) is 6.10 Å². The maximum absolute atomic E-state index is 10.3. The maximum Gasteiger partial charge on any atom is 0.0543 e. The normalized spacial score (nSPS) is 46.9. The summed E-state index contributed by atoms with van der Waals surface area (Å²) in [5.41, 5.74) is 1.15. The van der Waals surface area contributed by atoms with E-state index < -0.39 is 0 Å². The number of hydrogen-bond donors (Lipinski definition) is 1. The highest BCUT2D eigenvalue weighted by Gasteiger charge is 2.60. The van der Waals surface area contributed by atoms with E-state index in [0.29, 0.717) is 10.8 Å². The molecule has 9 atom stereocenters. The van der Waals surface area contributed by atoms with Gasteiger partial charge < -0.3 is 5.11 Å². The van der Waals surface area contributed by atoms with Gasteiger partial charge in [-0.2, -0.15) is 0 Å². The number of hydrogen-bond acceptors (Lipinski definition) is 1. The van der Waals surface area contributed by atoms with E-state index in [1.807, 2.05) is 0 Å². The van der Waals surface area contributed by atoms with Crippen LogP contribution in [-0.2, 0) is 0 Å². The second-order valence-corrected chi connectivity index (χ2v) is 12.9. The minimum absolute atomic E-state index is 0.00907. The molecule has 0 saturated heterocycles. The average molecular weight is 417 g/mol. The second kappa shape index (κ2) is 9.07. The van der Waals surface area contributed by atoms with Crippen molar-refractivity contribution in [3.8, 4) is 0 Å². The molecule has 0 aromatic carbocycles. The molecule has 1 nitrogen and oxygen atoms in total. The highest BCUT2D eigenvalue weighted by Crippen LogP contribution is 2.68. The molecule has 0 radical (unpaired) electrons. The highest BCUT2D eigenvalue weighted by molar-refractivity contribution is 5.09. The first-order valence-electron chi connectivity index (χ1n) is 14.0. The first-order valence-corrected chi connectivity index (χ1v) is 14.0. The summed E-state index contributed by atoms with van der Waals surface area (Å²) >= 11 is 0. The van der Waals surface area contributed by atoms with Crippen molar-refractivity contribution in [2.45, 2.75) is 131 Å². The molecule has 0 amide bonds. The second-order valence-electron chi connectivity index (χ2n) is 12.9. The quantitative estimate of drug-likeness (QED) is 0.443. The molecular formula is C29H52O. The molecule has 0 aliphatic heterocycles. The fourth-order valence-corrected chi connectivity index (χ4v) is 9.84. The largest absolute Gasteiger partial charge is 0.393 e. The molecule has 0 heterocycles. The molecule has 174 valence electrons. The third-order valence-corrected chi connectivity index (χ3v) is 11.8. The molecule has 1 unspecified atom stereocenters. The van der Waals surface area contributed by atoms with Crippen molar-refractivity contribution in [3.05, 3.63) is 0 Å². The van der Waals surface area contributed by atoms with E-state index in [0.717, 1.165) is 54.3 Å². The zero-order valence-electron chi connectivity index (χ0n) is 21.0. The Balaban J connectivity index is 1.41. The molecule has 1 heteroatoms. The number of aliphatic hydroxyl groups excluding tert-OH is 1. The van der Waals surface area contributed by atoms with Crippen molar-refractivity contribution >= 4 is 0 Å². The van der Waals surface area contributed by atoms with Crippen LogP contribution in [0.1, 0.15) is 125 Å². The molecule has 0 bridgehead atoms. The minimum Gasteiger partial charge on any atom is -0.393 e. The Morgan fingerprint density at radius 2 is 1.53 bits per heavy atom. The molecule has 0 aromatic heterocycles. The van der Waals surface area contributed by atoms with E-state index in [1.54, 1.807) is 0 Å². The topological polar surface area (TPSA) is 20.2 Å². The van der Waals surface area contributed by atoms with Crippen molar-refractivity contribution in [1.82, 2.24) is 0 Å². The lowest BCUT2D eigenvalue weighted by Gasteiger charge is -2.61. The molecule has 4 aliphatic carbocycles. The Hall–Kier alpha value is -0.0400. The van der Waals surface area contributed by atoms with Crippen LogP contribution in [0, 0.1) is 52.3 Å². The zero-order valence-corrected chi connectivity index (χ0v) is 21.0. The van der Waals surface area contributed by atoms with Crippen LogP contribution in [0.4, 0.5) is 0 Å². The van der Waals surface area contributed by atoms with Gasteiger partial charge in [-0.25, -0.2) is 0 Å². The van der Waals surface area contributed by atoms with Crippen molar-refractivity contribution in [2.24, 2.45) is 52.3 Å². The standard InChI is InChI=1S/C29H52O/c1-6-21(7-2)10-8-9-20(3)25-13-14-26-24-12-11-22-19-23(30)15-17-28(22,4)27(24)16-18-29(25,26)5/h20-27,30H,6-19H2,1-5H3/t20-,22?,23+,24+,25-,26+,27+,28+,29-/m1/s1. The molecule has 4 saturated carbocycles. The number of rotatable bonds is 7. The molecular weight excluding hydrogens is 364 g/mol. The van der Waals surface area contributed by atoms with Crippen molar-refractivity contribution in [1.29, 1.82) is 0 Å². The monoisotopic (exact) mass is 416 g/mol. The summed E-state index contributed by atoms with van der Waals surface area (Å²) in [5.74, 6) is 6.59. The lowest BCUT2D eigenvalue weighted by atomic mass is 9.44. The lowest BCUT2D eigenvalue weighted by molar-refractivity contribution is -0.129. The SMILES string of the molecule is CCC(CC)CCC[C@@H](C)[C@H]1CC[C@H]2[C@@H]3CCC4C[C@@H](O)CC[C@]4(C)[C@H]3CC[C@]12C. The summed E-state index contributed by atoms with van der Waals surface area (Å²) in [7, 11) is 0. The third kappa shape index (κ3) is 3.92. The molecule has 0 aromatic rings. The van der Waals surface area contributed by atoms with E-state index in [1.165, 1.54) is 77.0 Å². The Labute approximate surface area is 188 Å². The zero-order chi connectivity index (χ0) is 21.5. The van der Waals surface area contributed by atoms with Crippen LogP contribution in [0.2, 0.25) is 0 Å². The molecule has 4 fully saturated rings. The predicted octanol–water partition coefficient (Wildman–Crippen LogP) is 8.25. The van der Waals surface area contributed by atoms with Crippen molar-refractivity contribution < 1.29 is 5.11 Å². The van der Waals surface area contributed by atoms with Gasteiger partial charge in [-0.05, 0) is 110 Å². The highest BCUT2D eigenvalue weighted by atomic mass is 16.3. The Kier molecular flexibility index (Phi) is 6.99. The Bertz CT molecular complexity index is 567. The smallest absolute Gasteiger partial charge is 0.0543 e. The first-order chi connectivity index (χ1) is 14.3. The molecule has 4 aliphatic rings. The molecule has 4 rings (SSSR count). The van der Waals surface area contributed by atoms with Crippen LogP contribution >= 0.6 is 0 Å². The van der Waals surface area contributed by atoms with Gasteiger partial charge in [-0.15, -0.1) is 0 Å². The van der Waals surface area contributed by atoms with Crippen LogP contribution in [0.3, 0.4) is 0 Å². The lowest BCUT2D eigenvalue weighted by Crippen LogP contribution is -2.54. The van der Waals surface area contributed by atoms with Gasteiger partial charge in [0.2, 0.25) is 0 Å². The summed E-state index contributed by atoms with van der Waals surface area (Å²) in [4.78, 5) is 0. The fourth-order valence-electron chi connectivity index (χ4n) is 9.84. The van der Waals surface area contributed by atoms with Gasteiger partial charge >= 0.3 is 0 Å². The molecule has 0 spiro atoms. The summed E-state index contributed by atoms with van der Waals surface area (Å²) < 4.78 is 0. The Morgan fingerprint density at radius 1 is 0.833 bits per heavy atom. The summed E-state index contributed by atoms with van der Waals surface area (Å²) in [6, 6.07) is 0. The van der Waals surface area contributed by atoms with Crippen molar-refractivity contribution in [2.75, 3.05) is 0 Å². The molecule has 30 heavy (non-hydrogen) atoms. The predicted molar refractivity (Wildman–Crippen MR) is 128 cm³/mol. The van der Waals surface area contributed by atoms with Gasteiger partial charge in [0.1, 0.15) is 0 Å². The minimum atomic E-state index is -0.00907. The van der Waals surface area contributed by atoms with E-state index in [-0.39, 0.29) is 6.10 Å². The summed E-state index contributed by atoms with van der Waals surface area (Å²) in [6.45, 7) is 12.7. The van der Waals surface area contributed by atoms with Crippen LogP contribution in [-0.4, -0.2) is 11.2 Å². The Morgan fingerprint density at radius 3 is 2.27 bits per heavy atom. The average Bonchev–Trinajstić information content (AvgIpc) is 3.09. The maximum atomic E-state index is 10.3. The van der Waals surface area contributed by atoms with Gasteiger partial charge in [-0.3, -0.25) is 0 Å². The van der Waals surface area contributed by atoms with Crippen LogP contribution in [0.25, 0.3) is 0 Å².